The summed E-state index contributed by atoms with van der Waals surface area (Å²) >= 11 is 0. The molecule has 1 saturated heterocycles. The Bertz CT molecular complexity index is 378. The maximum Gasteiger partial charge on any atom is 0.324 e. The molecule has 1 aliphatic rings. The van der Waals surface area contributed by atoms with Gasteiger partial charge in [0, 0.05) is 39.0 Å². The quantitative estimate of drug-likeness (QED) is 0.760. The first-order valence-electron chi connectivity index (χ1n) is 7.44. The third-order valence-corrected chi connectivity index (χ3v) is 3.91. The molecule has 0 unspecified atom stereocenters. The van der Waals surface area contributed by atoms with Crippen molar-refractivity contribution in [3.05, 3.63) is 0 Å². The predicted octanol–water partition coefficient (Wildman–Crippen LogP) is 0.894. The highest BCUT2D eigenvalue weighted by molar-refractivity contribution is 5.94. The fourth-order valence-corrected chi connectivity index (χ4v) is 2.46. The van der Waals surface area contributed by atoms with Gasteiger partial charge in [-0.25, -0.2) is 4.79 Å². The third-order valence-electron chi connectivity index (χ3n) is 3.91. The topological polar surface area (TPSA) is 90.0 Å². The number of aliphatic carboxylic acids is 1. The van der Waals surface area contributed by atoms with Gasteiger partial charge in [-0.15, -0.1) is 0 Å². The minimum atomic E-state index is -0.936. The van der Waals surface area contributed by atoms with Crippen molar-refractivity contribution in [2.24, 2.45) is 0 Å². The number of hydrogen-bond donors (Lipinski definition) is 2. The van der Waals surface area contributed by atoms with Gasteiger partial charge in [0.25, 0.3) is 0 Å². The van der Waals surface area contributed by atoms with E-state index < -0.39 is 17.9 Å². The van der Waals surface area contributed by atoms with E-state index in [4.69, 9.17) is 5.11 Å². The van der Waals surface area contributed by atoms with Crippen molar-refractivity contribution in [3.8, 4) is 0 Å². The molecule has 3 amide bonds. The van der Waals surface area contributed by atoms with Gasteiger partial charge in [0.2, 0.25) is 5.91 Å². The number of piperidine rings is 1. The van der Waals surface area contributed by atoms with Crippen molar-refractivity contribution in [1.29, 1.82) is 0 Å². The average Bonchev–Trinajstić information content (AvgIpc) is 2.46. The lowest BCUT2D eigenvalue weighted by atomic mass is 10.0. The minimum absolute atomic E-state index is 0.0557. The number of rotatable bonds is 6. The molecule has 0 aromatic heterocycles. The van der Waals surface area contributed by atoms with Gasteiger partial charge in [-0.3, -0.25) is 14.9 Å². The van der Waals surface area contributed by atoms with Gasteiger partial charge >= 0.3 is 12.0 Å². The minimum Gasteiger partial charge on any atom is -0.481 e. The summed E-state index contributed by atoms with van der Waals surface area (Å²) in [5.41, 5.74) is 0. The Labute approximate surface area is 125 Å². The number of carboxylic acids is 1. The van der Waals surface area contributed by atoms with E-state index in [0.29, 0.717) is 0 Å². The van der Waals surface area contributed by atoms with Crippen molar-refractivity contribution < 1.29 is 19.5 Å². The smallest absolute Gasteiger partial charge is 0.324 e. The Morgan fingerprint density at radius 2 is 1.86 bits per heavy atom. The number of imide groups is 1. The van der Waals surface area contributed by atoms with Crippen molar-refractivity contribution in [2.45, 2.75) is 45.1 Å². The Balaban J connectivity index is 2.30. The van der Waals surface area contributed by atoms with Gasteiger partial charge < -0.3 is 14.9 Å². The van der Waals surface area contributed by atoms with Crippen LogP contribution in [0.3, 0.4) is 0 Å². The molecule has 1 heterocycles. The van der Waals surface area contributed by atoms with Crippen LogP contribution in [0.1, 0.15) is 39.0 Å². The van der Waals surface area contributed by atoms with E-state index in [1.165, 1.54) is 0 Å². The number of likely N-dealkylation sites (tertiary alicyclic amines) is 1. The van der Waals surface area contributed by atoms with Gasteiger partial charge in [0.05, 0.1) is 0 Å². The molecule has 0 bridgehead atoms. The number of carbonyl (C=O) groups is 3. The van der Waals surface area contributed by atoms with E-state index in [1.54, 1.807) is 11.9 Å². The first-order chi connectivity index (χ1) is 9.93. The zero-order valence-electron chi connectivity index (χ0n) is 12.8. The lowest BCUT2D eigenvalue weighted by Crippen LogP contribution is -2.49. The summed E-state index contributed by atoms with van der Waals surface area (Å²) in [7, 11) is 1.70. The maximum absolute atomic E-state index is 12.0. The Morgan fingerprint density at radius 1 is 1.24 bits per heavy atom. The van der Waals surface area contributed by atoms with Crippen LogP contribution in [0.15, 0.2) is 0 Å². The average molecular weight is 299 g/mol. The molecule has 0 saturated carbocycles. The number of hydrogen-bond acceptors (Lipinski definition) is 4. The maximum atomic E-state index is 12.0. The molecule has 0 aromatic rings. The summed E-state index contributed by atoms with van der Waals surface area (Å²) in [4.78, 5) is 37.8. The molecule has 7 heteroatoms. The van der Waals surface area contributed by atoms with E-state index in [-0.39, 0.29) is 25.3 Å². The largest absolute Gasteiger partial charge is 0.481 e. The number of carbonyl (C=O) groups excluding carboxylic acids is 2. The standard InChI is InChI=1S/C14H25N3O4/c1-3-17-9-7-11(8-10-17)16(2)14(21)15-12(18)5-4-6-13(19)20/h11H,3-10H2,1-2H3,(H,19,20)(H,15,18,21). The van der Waals surface area contributed by atoms with Crippen LogP contribution in [-0.2, 0) is 9.59 Å². The van der Waals surface area contributed by atoms with Crippen LogP contribution in [-0.4, -0.2) is 65.5 Å². The van der Waals surface area contributed by atoms with Crippen molar-refractivity contribution in [2.75, 3.05) is 26.7 Å². The van der Waals surface area contributed by atoms with E-state index in [2.05, 4.69) is 17.1 Å². The molecule has 0 aliphatic carbocycles. The predicted molar refractivity (Wildman–Crippen MR) is 77.9 cm³/mol. The SMILES string of the molecule is CCN1CCC(N(C)C(=O)NC(=O)CCCC(=O)O)CC1. The zero-order chi connectivity index (χ0) is 15.8. The molecule has 1 rings (SSSR count). The summed E-state index contributed by atoms with van der Waals surface area (Å²) in [6.07, 6.45) is 2.05. The summed E-state index contributed by atoms with van der Waals surface area (Å²) < 4.78 is 0. The fourth-order valence-electron chi connectivity index (χ4n) is 2.46. The van der Waals surface area contributed by atoms with E-state index in [0.717, 1.165) is 32.5 Å². The van der Waals surface area contributed by atoms with Crippen LogP contribution in [0, 0.1) is 0 Å². The van der Waals surface area contributed by atoms with E-state index >= 15 is 0 Å². The molecule has 2 N–H and O–H groups in total. The second kappa shape index (κ2) is 8.61. The summed E-state index contributed by atoms with van der Waals surface area (Å²) in [6, 6.07) is -0.245. The van der Waals surface area contributed by atoms with Crippen LogP contribution in [0.5, 0.6) is 0 Å². The van der Waals surface area contributed by atoms with Crippen molar-refractivity contribution >= 4 is 17.9 Å². The number of carboxylic acid groups (broad SMARTS) is 1. The number of urea groups is 1. The lowest BCUT2D eigenvalue weighted by molar-refractivity contribution is -0.137. The van der Waals surface area contributed by atoms with Gasteiger partial charge in [-0.2, -0.15) is 0 Å². The highest BCUT2D eigenvalue weighted by Crippen LogP contribution is 2.15. The summed E-state index contributed by atoms with van der Waals surface area (Å²) in [5, 5.41) is 10.8. The third kappa shape index (κ3) is 6.12. The molecular weight excluding hydrogens is 274 g/mol. The normalized spacial score (nSPS) is 16.5. The van der Waals surface area contributed by atoms with Crippen molar-refractivity contribution in [1.82, 2.24) is 15.1 Å². The van der Waals surface area contributed by atoms with E-state index in [9.17, 15) is 14.4 Å². The van der Waals surface area contributed by atoms with Gasteiger partial charge in [0.1, 0.15) is 0 Å². The Kier molecular flexibility index (Phi) is 7.14. The summed E-state index contributed by atoms with van der Waals surface area (Å²) in [5.74, 6) is -1.35. The monoisotopic (exact) mass is 299 g/mol. The molecule has 0 atom stereocenters. The number of nitrogens with zero attached hydrogens (tertiary/aromatic N) is 2. The fraction of sp³-hybridized carbons (Fsp3) is 0.786. The summed E-state index contributed by atoms with van der Waals surface area (Å²) in [6.45, 7) is 5.06. The first-order valence-corrected chi connectivity index (χ1v) is 7.44. The van der Waals surface area contributed by atoms with Gasteiger partial charge in [-0.1, -0.05) is 6.92 Å². The molecule has 0 spiro atoms. The van der Waals surface area contributed by atoms with Crippen LogP contribution in [0.4, 0.5) is 4.79 Å². The Hall–Kier alpha value is -1.63. The highest BCUT2D eigenvalue weighted by atomic mass is 16.4. The molecule has 0 aromatic carbocycles. The molecule has 1 aliphatic heterocycles. The lowest BCUT2D eigenvalue weighted by Gasteiger charge is -2.36. The van der Waals surface area contributed by atoms with Crippen LogP contribution >= 0.6 is 0 Å². The molecule has 1 fully saturated rings. The molecule has 7 nitrogen and oxygen atoms in total. The van der Waals surface area contributed by atoms with Gasteiger partial charge in [0.15, 0.2) is 0 Å². The van der Waals surface area contributed by atoms with Gasteiger partial charge in [-0.05, 0) is 25.8 Å². The number of amides is 3. The van der Waals surface area contributed by atoms with Crippen molar-refractivity contribution in [3.63, 3.8) is 0 Å². The highest BCUT2D eigenvalue weighted by Gasteiger charge is 2.25. The zero-order valence-corrected chi connectivity index (χ0v) is 12.8. The molecule has 120 valence electrons. The van der Waals surface area contributed by atoms with Crippen LogP contribution < -0.4 is 5.32 Å². The molecular formula is C14H25N3O4. The number of nitrogens with one attached hydrogen (secondary N) is 1. The molecule has 0 radical (unpaired) electrons. The van der Waals surface area contributed by atoms with E-state index in [1.807, 2.05) is 0 Å². The van der Waals surface area contributed by atoms with Crippen LogP contribution in [0.2, 0.25) is 0 Å². The first kappa shape index (κ1) is 17.4. The molecule has 21 heavy (non-hydrogen) atoms. The Morgan fingerprint density at radius 3 is 2.38 bits per heavy atom. The second-order valence-corrected chi connectivity index (χ2v) is 5.38. The van der Waals surface area contributed by atoms with Crippen LogP contribution in [0.25, 0.3) is 0 Å². The second-order valence-electron chi connectivity index (χ2n) is 5.38.